The molecule has 136 valence electrons. The maximum absolute atomic E-state index is 5.43. The molecule has 0 bridgehead atoms. The fourth-order valence-electron chi connectivity index (χ4n) is 3.29. The van der Waals surface area contributed by atoms with Gasteiger partial charge in [-0.3, -0.25) is 4.98 Å². The number of methoxy groups -OCH3 is 1. The molecule has 4 rings (SSSR count). The summed E-state index contributed by atoms with van der Waals surface area (Å²) in [5, 5.41) is 8.60. The van der Waals surface area contributed by atoms with Crippen LogP contribution in [-0.2, 0) is 6.54 Å². The second-order valence-electron chi connectivity index (χ2n) is 6.32. The van der Waals surface area contributed by atoms with Crippen molar-refractivity contribution in [2.45, 2.75) is 20.4 Å². The van der Waals surface area contributed by atoms with Gasteiger partial charge in [-0.25, -0.2) is 4.98 Å². The summed E-state index contributed by atoms with van der Waals surface area (Å²) in [7, 11) is 1.62. The minimum absolute atomic E-state index is 0.545. The SMILES string of the molecule is COc1ncc(-c2c(C)noc2C)cc1NCc1cccc2ncccc12. The second kappa shape index (κ2) is 7.07. The minimum atomic E-state index is 0.545. The van der Waals surface area contributed by atoms with Crippen LogP contribution >= 0.6 is 0 Å². The monoisotopic (exact) mass is 360 g/mol. The largest absolute Gasteiger partial charge is 0.480 e. The third kappa shape index (κ3) is 3.21. The fraction of sp³-hybridized carbons (Fsp3) is 0.190. The van der Waals surface area contributed by atoms with Gasteiger partial charge in [-0.15, -0.1) is 0 Å². The molecule has 0 fully saturated rings. The van der Waals surface area contributed by atoms with Crippen molar-refractivity contribution >= 4 is 16.6 Å². The molecule has 0 aliphatic rings. The Hall–Kier alpha value is -3.41. The quantitative estimate of drug-likeness (QED) is 0.564. The highest BCUT2D eigenvalue weighted by Gasteiger charge is 2.15. The molecular formula is C21H20N4O2. The number of rotatable bonds is 5. The lowest BCUT2D eigenvalue weighted by atomic mass is 10.1. The number of hydrogen-bond donors (Lipinski definition) is 1. The summed E-state index contributed by atoms with van der Waals surface area (Å²) in [6.07, 6.45) is 3.58. The van der Waals surface area contributed by atoms with Crippen molar-refractivity contribution < 1.29 is 9.26 Å². The third-order valence-corrected chi connectivity index (χ3v) is 4.57. The number of fused-ring (bicyclic) bond motifs is 1. The van der Waals surface area contributed by atoms with Crippen LogP contribution in [0.25, 0.3) is 22.0 Å². The molecule has 4 aromatic rings. The normalized spacial score (nSPS) is 10.9. The lowest BCUT2D eigenvalue weighted by Crippen LogP contribution is -2.04. The molecule has 3 heterocycles. The molecule has 0 aliphatic heterocycles. The summed E-state index contributed by atoms with van der Waals surface area (Å²) in [4.78, 5) is 8.86. The predicted octanol–water partition coefficient (Wildman–Crippen LogP) is 4.52. The van der Waals surface area contributed by atoms with Gasteiger partial charge in [0.2, 0.25) is 5.88 Å². The van der Waals surface area contributed by atoms with Gasteiger partial charge in [0.15, 0.2) is 0 Å². The second-order valence-corrected chi connectivity index (χ2v) is 6.32. The van der Waals surface area contributed by atoms with E-state index in [0.29, 0.717) is 12.4 Å². The Bertz CT molecular complexity index is 1080. The molecule has 1 N–H and O–H groups in total. The number of nitrogens with zero attached hydrogens (tertiary/aromatic N) is 3. The van der Waals surface area contributed by atoms with Gasteiger partial charge in [-0.2, -0.15) is 0 Å². The summed E-state index contributed by atoms with van der Waals surface area (Å²) in [5.41, 5.74) is 5.69. The van der Waals surface area contributed by atoms with Crippen LogP contribution < -0.4 is 10.1 Å². The molecule has 0 radical (unpaired) electrons. The van der Waals surface area contributed by atoms with E-state index in [9.17, 15) is 0 Å². The molecule has 0 unspecified atom stereocenters. The van der Waals surface area contributed by atoms with E-state index < -0.39 is 0 Å². The van der Waals surface area contributed by atoms with Gasteiger partial charge in [0.05, 0.1) is 24.0 Å². The zero-order valence-corrected chi connectivity index (χ0v) is 15.5. The molecule has 1 aromatic carbocycles. The van der Waals surface area contributed by atoms with Gasteiger partial charge >= 0.3 is 0 Å². The Morgan fingerprint density at radius 3 is 2.78 bits per heavy atom. The lowest BCUT2D eigenvalue weighted by Gasteiger charge is -2.13. The average Bonchev–Trinajstić information content (AvgIpc) is 3.04. The van der Waals surface area contributed by atoms with E-state index in [1.54, 1.807) is 19.5 Å². The lowest BCUT2D eigenvalue weighted by molar-refractivity contribution is 0.393. The Balaban J connectivity index is 1.68. The molecular weight excluding hydrogens is 340 g/mol. The topological polar surface area (TPSA) is 73.1 Å². The van der Waals surface area contributed by atoms with E-state index in [-0.39, 0.29) is 0 Å². The summed E-state index contributed by atoms with van der Waals surface area (Å²) < 4.78 is 10.7. The Kier molecular flexibility index (Phi) is 4.46. The van der Waals surface area contributed by atoms with Crippen LogP contribution in [0.1, 0.15) is 17.0 Å². The number of aromatic nitrogens is 3. The van der Waals surface area contributed by atoms with Crippen LogP contribution in [0.3, 0.4) is 0 Å². The highest BCUT2D eigenvalue weighted by atomic mass is 16.5. The van der Waals surface area contributed by atoms with E-state index in [1.165, 1.54) is 0 Å². The molecule has 27 heavy (non-hydrogen) atoms. The highest BCUT2D eigenvalue weighted by molar-refractivity contribution is 5.82. The molecule has 0 spiro atoms. The molecule has 0 atom stereocenters. The van der Waals surface area contributed by atoms with Crippen molar-refractivity contribution in [1.29, 1.82) is 0 Å². The minimum Gasteiger partial charge on any atom is -0.480 e. The van der Waals surface area contributed by atoms with Gasteiger partial charge in [0, 0.05) is 35.5 Å². The summed E-state index contributed by atoms with van der Waals surface area (Å²) in [6, 6.07) is 12.2. The molecule has 3 aromatic heterocycles. The van der Waals surface area contributed by atoms with Crippen molar-refractivity contribution in [2.75, 3.05) is 12.4 Å². The van der Waals surface area contributed by atoms with Gasteiger partial charge in [-0.05, 0) is 37.6 Å². The molecule has 0 aliphatic carbocycles. The first-order valence-electron chi connectivity index (χ1n) is 8.71. The first-order valence-corrected chi connectivity index (χ1v) is 8.71. The number of ether oxygens (including phenoxy) is 1. The van der Waals surface area contributed by atoms with Crippen LogP contribution in [0, 0.1) is 13.8 Å². The first-order chi connectivity index (χ1) is 13.2. The standard InChI is InChI=1S/C21H20N4O2/c1-13-20(14(2)27-25-13)16-10-19(21(26-3)24-12-16)23-11-15-6-4-8-18-17(15)7-5-9-22-18/h4-10,12,23H,11H2,1-3H3. The van der Waals surface area contributed by atoms with Crippen LogP contribution in [0.2, 0.25) is 0 Å². The van der Waals surface area contributed by atoms with Crippen molar-refractivity contribution in [3.8, 4) is 17.0 Å². The number of nitrogens with one attached hydrogen (secondary N) is 1. The smallest absolute Gasteiger partial charge is 0.237 e. The van der Waals surface area contributed by atoms with Crippen LogP contribution in [0.5, 0.6) is 5.88 Å². The van der Waals surface area contributed by atoms with E-state index in [1.807, 2.05) is 38.1 Å². The zero-order valence-electron chi connectivity index (χ0n) is 15.5. The van der Waals surface area contributed by atoms with Crippen molar-refractivity contribution in [1.82, 2.24) is 15.1 Å². The number of pyridine rings is 2. The van der Waals surface area contributed by atoms with Crippen molar-refractivity contribution in [3.63, 3.8) is 0 Å². The third-order valence-electron chi connectivity index (χ3n) is 4.57. The summed E-state index contributed by atoms with van der Waals surface area (Å²) in [6.45, 7) is 4.45. The Labute approximate surface area is 157 Å². The molecule has 6 heteroatoms. The predicted molar refractivity (Wildman–Crippen MR) is 105 cm³/mol. The van der Waals surface area contributed by atoms with Crippen LogP contribution in [0.4, 0.5) is 5.69 Å². The van der Waals surface area contributed by atoms with Gasteiger partial charge in [0.25, 0.3) is 0 Å². The fourth-order valence-corrected chi connectivity index (χ4v) is 3.29. The summed E-state index contributed by atoms with van der Waals surface area (Å²) >= 11 is 0. The summed E-state index contributed by atoms with van der Waals surface area (Å²) in [5.74, 6) is 1.31. The van der Waals surface area contributed by atoms with Crippen molar-refractivity contribution in [3.05, 3.63) is 65.8 Å². The van der Waals surface area contributed by atoms with Gasteiger partial charge < -0.3 is 14.6 Å². The Morgan fingerprint density at radius 2 is 2.00 bits per heavy atom. The zero-order chi connectivity index (χ0) is 18.8. The number of aryl methyl sites for hydroxylation is 2. The van der Waals surface area contributed by atoms with E-state index >= 15 is 0 Å². The van der Waals surface area contributed by atoms with Crippen LogP contribution in [-0.4, -0.2) is 22.2 Å². The average molecular weight is 360 g/mol. The maximum Gasteiger partial charge on any atom is 0.237 e. The number of anilines is 1. The number of hydrogen-bond acceptors (Lipinski definition) is 6. The van der Waals surface area contributed by atoms with E-state index in [4.69, 9.17) is 9.26 Å². The molecule has 6 nitrogen and oxygen atoms in total. The van der Waals surface area contributed by atoms with Crippen LogP contribution in [0.15, 0.2) is 53.3 Å². The molecule has 0 amide bonds. The molecule has 0 saturated carbocycles. The van der Waals surface area contributed by atoms with E-state index in [2.05, 4.69) is 32.6 Å². The highest BCUT2D eigenvalue weighted by Crippen LogP contribution is 2.32. The number of benzene rings is 1. The first kappa shape index (κ1) is 17.0. The van der Waals surface area contributed by atoms with Crippen molar-refractivity contribution in [2.24, 2.45) is 0 Å². The van der Waals surface area contributed by atoms with Gasteiger partial charge in [-0.1, -0.05) is 23.4 Å². The molecule has 0 saturated heterocycles. The Morgan fingerprint density at radius 1 is 1.11 bits per heavy atom. The van der Waals surface area contributed by atoms with E-state index in [0.717, 1.165) is 44.7 Å². The van der Waals surface area contributed by atoms with Gasteiger partial charge in [0.1, 0.15) is 5.76 Å². The maximum atomic E-state index is 5.43.